The Bertz CT molecular complexity index is 350. The largest absolute Gasteiger partial charge is 0.662 e. The van der Waals surface area contributed by atoms with Crippen LogP contribution in [-0.2, 0) is 0 Å². The first-order valence-electron chi connectivity index (χ1n) is 20.1. The van der Waals surface area contributed by atoms with Gasteiger partial charge in [0.25, 0.3) is 0 Å². The summed E-state index contributed by atoms with van der Waals surface area (Å²) < 4.78 is 0. The van der Waals surface area contributed by atoms with Gasteiger partial charge in [-0.3, -0.25) is 0 Å². The van der Waals surface area contributed by atoms with E-state index in [0.29, 0.717) is 0 Å². The summed E-state index contributed by atoms with van der Waals surface area (Å²) in [6.45, 7) is 13.6. The normalized spacial score (nSPS) is 10.6. The Kier molecular flexibility index (Phi) is 64.8. The molecule has 0 N–H and O–H groups in total. The van der Waals surface area contributed by atoms with Gasteiger partial charge in [0.05, 0.1) is 0 Å². The Labute approximate surface area is 325 Å². The first kappa shape index (κ1) is 52.6. The smallest absolute Gasteiger partial charge is 0 e. The van der Waals surface area contributed by atoms with Crippen LogP contribution in [0.4, 0.5) is 0 Å². The molecule has 0 aliphatic rings. The van der Waals surface area contributed by atoms with E-state index in [2.05, 4.69) is 38.3 Å². The molecule has 0 aliphatic carbocycles. The molecular formula is C40H85BrN2Nd-2. The quantitative estimate of drug-likeness (QED) is 0.0564. The molecule has 0 aromatic rings. The number of rotatable bonds is 36. The van der Waals surface area contributed by atoms with Crippen molar-refractivity contribution in [1.29, 1.82) is 0 Å². The van der Waals surface area contributed by atoms with Gasteiger partial charge < -0.3 is 10.6 Å². The molecule has 0 fully saturated rings. The predicted molar refractivity (Wildman–Crippen MR) is 207 cm³/mol. The van der Waals surface area contributed by atoms with E-state index < -0.39 is 0 Å². The van der Waals surface area contributed by atoms with E-state index >= 15 is 0 Å². The van der Waals surface area contributed by atoms with Crippen molar-refractivity contribution in [2.75, 3.05) is 26.2 Å². The topological polar surface area (TPSA) is 28.2 Å². The van der Waals surface area contributed by atoms with Crippen LogP contribution in [0.15, 0.2) is 0 Å². The molecular weight excluding hydrogens is 733 g/mol. The van der Waals surface area contributed by atoms with Crippen LogP contribution in [-0.4, -0.2) is 26.2 Å². The van der Waals surface area contributed by atoms with Gasteiger partial charge in [-0.2, -0.15) is 0 Å². The Morgan fingerprint density at radius 2 is 0.364 bits per heavy atom. The van der Waals surface area contributed by atoms with Crippen LogP contribution in [0.1, 0.15) is 233 Å². The van der Waals surface area contributed by atoms with Crippen molar-refractivity contribution in [1.82, 2.24) is 0 Å². The third kappa shape index (κ3) is 56.1. The van der Waals surface area contributed by atoms with Crippen molar-refractivity contribution >= 4 is 17.0 Å². The first-order chi connectivity index (χ1) is 20.8. The van der Waals surface area contributed by atoms with E-state index in [1.54, 1.807) is 0 Å². The van der Waals surface area contributed by atoms with Crippen LogP contribution in [0.5, 0.6) is 0 Å². The van der Waals surface area contributed by atoms with Crippen molar-refractivity contribution < 1.29 is 40.8 Å². The van der Waals surface area contributed by atoms with Gasteiger partial charge >= 0.3 is 0 Å². The van der Waals surface area contributed by atoms with Crippen LogP contribution < -0.4 is 0 Å². The maximum Gasteiger partial charge on any atom is 0 e. The Morgan fingerprint density at radius 1 is 0.227 bits per heavy atom. The van der Waals surface area contributed by atoms with Gasteiger partial charge in [0.1, 0.15) is 0 Å². The van der Waals surface area contributed by atoms with E-state index in [4.69, 9.17) is 0 Å². The minimum absolute atomic E-state index is 0. The van der Waals surface area contributed by atoms with Crippen LogP contribution in [0, 0.1) is 40.8 Å². The molecule has 0 bridgehead atoms. The molecule has 4 heteroatoms. The van der Waals surface area contributed by atoms with Crippen LogP contribution in [0.3, 0.4) is 0 Å². The molecule has 0 aromatic heterocycles. The van der Waals surface area contributed by atoms with Crippen molar-refractivity contribution in [2.45, 2.75) is 233 Å². The molecule has 0 atom stereocenters. The average Bonchev–Trinajstić information content (AvgIpc) is 3.00. The molecule has 0 aliphatic heterocycles. The van der Waals surface area contributed by atoms with Gasteiger partial charge in [0, 0.05) is 40.8 Å². The van der Waals surface area contributed by atoms with E-state index in [1.165, 1.54) is 205 Å². The molecule has 44 heavy (non-hydrogen) atoms. The molecule has 0 aromatic carbocycles. The minimum atomic E-state index is 0. The van der Waals surface area contributed by atoms with Crippen LogP contribution in [0.2, 0.25) is 0 Å². The van der Waals surface area contributed by atoms with Crippen LogP contribution in [0.25, 0.3) is 10.6 Å². The second kappa shape index (κ2) is 54.2. The fraction of sp³-hybridized carbons (Fsp3) is 1.00. The summed E-state index contributed by atoms with van der Waals surface area (Å²) in [6.07, 6.45) is 45.1. The van der Waals surface area contributed by atoms with E-state index in [1.807, 2.05) is 0 Å². The Balaban J connectivity index is -0.000000348. The number of hydrogen-bond acceptors (Lipinski definition) is 0. The number of nitrogens with zero attached hydrogens (tertiary/aromatic N) is 2. The maximum absolute atomic E-state index is 4.67. The molecule has 0 unspecified atom stereocenters. The summed E-state index contributed by atoms with van der Waals surface area (Å²) in [4.78, 5) is 0. The Hall–Kier alpha value is 1.75. The molecule has 0 heterocycles. The third-order valence-corrected chi connectivity index (χ3v) is 8.68. The van der Waals surface area contributed by atoms with Gasteiger partial charge in [0.2, 0.25) is 0 Å². The van der Waals surface area contributed by atoms with Gasteiger partial charge in [-0.1, -0.05) is 233 Å². The summed E-state index contributed by atoms with van der Waals surface area (Å²) in [7, 11) is 0. The summed E-state index contributed by atoms with van der Waals surface area (Å²) >= 11 is 0. The van der Waals surface area contributed by atoms with E-state index in [9.17, 15) is 0 Å². The standard InChI is InChI=1S/2C20H42N.BrH.Nd/c2*1-3-5-7-9-11-13-15-17-19-21-20-18-16-14-12-10-8-6-4-2;;/h2*3-20H2,1-2H3;1H;/q2*-1;;. The number of hydrogen-bond donors (Lipinski definition) is 0. The monoisotopic (exact) mass is 814 g/mol. The maximum atomic E-state index is 4.67. The molecule has 0 amide bonds. The second-order valence-corrected chi connectivity index (χ2v) is 13.2. The van der Waals surface area contributed by atoms with E-state index in [-0.39, 0.29) is 57.8 Å². The van der Waals surface area contributed by atoms with Crippen molar-refractivity contribution in [3.05, 3.63) is 10.6 Å². The zero-order valence-electron chi connectivity index (χ0n) is 31.3. The summed E-state index contributed by atoms with van der Waals surface area (Å²) in [5, 5.41) is 9.33. The summed E-state index contributed by atoms with van der Waals surface area (Å²) in [6, 6.07) is 0. The first-order valence-corrected chi connectivity index (χ1v) is 20.1. The number of halogens is 1. The van der Waals surface area contributed by atoms with Crippen molar-refractivity contribution in [2.24, 2.45) is 0 Å². The molecule has 0 rings (SSSR count). The van der Waals surface area contributed by atoms with Gasteiger partial charge in [0.15, 0.2) is 0 Å². The molecule has 0 saturated carbocycles. The zero-order chi connectivity index (χ0) is 30.9. The van der Waals surface area contributed by atoms with Gasteiger partial charge in [-0.15, -0.1) is 43.2 Å². The van der Waals surface area contributed by atoms with Crippen LogP contribution >= 0.6 is 17.0 Å². The molecule has 2 nitrogen and oxygen atoms in total. The summed E-state index contributed by atoms with van der Waals surface area (Å²) in [5.74, 6) is 0. The minimum Gasteiger partial charge on any atom is -0.662 e. The van der Waals surface area contributed by atoms with Gasteiger partial charge in [-0.25, -0.2) is 0 Å². The van der Waals surface area contributed by atoms with Gasteiger partial charge in [-0.05, 0) is 0 Å². The molecule has 0 spiro atoms. The van der Waals surface area contributed by atoms with Crippen molar-refractivity contribution in [3.8, 4) is 0 Å². The molecule has 0 saturated heterocycles. The Morgan fingerprint density at radius 3 is 0.523 bits per heavy atom. The fourth-order valence-electron chi connectivity index (χ4n) is 5.65. The fourth-order valence-corrected chi connectivity index (χ4v) is 5.65. The summed E-state index contributed by atoms with van der Waals surface area (Å²) in [5.41, 5.74) is 0. The molecule has 268 valence electrons. The average molecular weight is 818 g/mol. The van der Waals surface area contributed by atoms with E-state index in [0.717, 1.165) is 26.2 Å². The SMILES string of the molecule is Br.CCCCCCCCCC[N-]CCCCCCCCCC.CCCCCCCCCC[N-]CCCCCCCCCC.[Nd]. The van der Waals surface area contributed by atoms with Crippen molar-refractivity contribution in [3.63, 3.8) is 0 Å². The molecule has 0 radical (unpaired) electrons. The second-order valence-electron chi connectivity index (χ2n) is 13.2. The predicted octanol–water partition coefficient (Wildman–Crippen LogP) is 15.9. The third-order valence-electron chi connectivity index (χ3n) is 8.68. The zero-order valence-corrected chi connectivity index (χ0v) is 36.2. The number of unbranched alkanes of at least 4 members (excludes halogenated alkanes) is 28.